The van der Waals surface area contributed by atoms with Gasteiger partial charge >= 0.3 is 0 Å². The van der Waals surface area contributed by atoms with E-state index < -0.39 is 11.4 Å². The van der Waals surface area contributed by atoms with Crippen LogP contribution in [0, 0.1) is 5.82 Å². The van der Waals surface area contributed by atoms with Gasteiger partial charge in [-0.1, -0.05) is 23.7 Å². The zero-order chi connectivity index (χ0) is 13.2. The Morgan fingerprint density at radius 2 is 1.89 bits per heavy atom. The molecule has 1 heterocycles. The van der Waals surface area contributed by atoms with Crippen LogP contribution in [0.15, 0.2) is 42.6 Å². The molecule has 1 aromatic heterocycles. The van der Waals surface area contributed by atoms with Gasteiger partial charge in [0.1, 0.15) is 11.4 Å². The van der Waals surface area contributed by atoms with Crippen molar-refractivity contribution in [3.63, 3.8) is 0 Å². The van der Waals surface area contributed by atoms with Crippen LogP contribution in [-0.4, -0.2) is 10.1 Å². The van der Waals surface area contributed by atoms with Gasteiger partial charge in [0.2, 0.25) is 0 Å². The predicted molar refractivity (Wildman–Crippen MR) is 68.9 cm³/mol. The summed E-state index contributed by atoms with van der Waals surface area (Å²) < 4.78 is 12.8. The molecule has 0 saturated heterocycles. The van der Waals surface area contributed by atoms with Crippen LogP contribution < -0.4 is 0 Å². The quantitative estimate of drug-likeness (QED) is 0.923. The Morgan fingerprint density at radius 3 is 2.44 bits per heavy atom. The number of pyridine rings is 1. The van der Waals surface area contributed by atoms with Crippen molar-refractivity contribution in [3.8, 4) is 0 Å². The van der Waals surface area contributed by atoms with E-state index in [9.17, 15) is 9.50 Å². The third-order valence-corrected chi connectivity index (χ3v) is 2.99. The van der Waals surface area contributed by atoms with E-state index in [-0.39, 0.29) is 0 Å². The highest BCUT2D eigenvalue weighted by atomic mass is 35.5. The monoisotopic (exact) mass is 265 g/mol. The molecule has 0 aliphatic heterocycles. The number of hydrogen-bond acceptors (Lipinski definition) is 2. The maximum Gasteiger partial charge on any atom is 0.141 e. The lowest BCUT2D eigenvalue weighted by Gasteiger charge is -2.22. The molecule has 1 aromatic carbocycles. The Balaban J connectivity index is 2.20. The summed E-state index contributed by atoms with van der Waals surface area (Å²) >= 11 is 5.80. The van der Waals surface area contributed by atoms with Crippen LogP contribution in [0.4, 0.5) is 4.39 Å². The Kier molecular flexibility index (Phi) is 3.64. The van der Waals surface area contributed by atoms with Crippen molar-refractivity contribution in [1.82, 2.24) is 4.98 Å². The van der Waals surface area contributed by atoms with Gasteiger partial charge in [-0.05, 0) is 36.8 Å². The highest BCUT2D eigenvalue weighted by Crippen LogP contribution is 2.24. The summed E-state index contributed by atoms with van der Waals surface area (Å²) in [7, 11) is 0. The molecule has 1 atom stereocenters. The minimum Gasteiger partial charge on any atom is -0.383 e. The average Bonchev–Trinajstić information content (AvgIpc) is 2.32. The van der Waals surface area contributed by atoms with E-state index in [1.807, 2.05) is 12.1 Å². The fourth-order valence-electron chi connectivity index (χ4n) is 1.78. The van der Waals surface area contributed by atoms with Crippen molar-refractivity contribution in [1.29, 1.82) is 0 Å². The summed E-state index contributed by atoms with van der Waals surface area (Å²) in [6.07, 6.45) is 1.49. The summed E-state index contributed by atoms with van der Waals surface area (Å²) in [6, 6.07) is 10.0. The lowest BCUT2D eigenvalue weighted by atomic mass is 9.93. The van der Waals surface area contributed by atoms with Gasteiger partial charge in [0.05, 0.1) is 11.9 Å². The summed E-state index contributed by atoms with van der Waals surface area (Å²) in [5.41, 5.74) is 0.246. The molecule has 0 bridgehead atoms. The van der Waals surface area contributed by atoms with Crippen molar-refractivity contribution in [2.24, 2.45) is 0 Å². The van der Waals surface area contributed by atoms with E-state index in [1.54, 1.807) is 19.1 Å². The van der Waals surface area contributed by atoms with E-state index in [0.29, 0.717) is 17.1 Å². The number of halogens is 2. The largest absolute Gasteiger partial charge is 0.383 e. The Bertz CT molecular complexity index is 522. The molecule has 94 valence electrons. The fourth-order valence-corrected chi connectivity index (χ4v) is 1.91. The zero-order valence-electron chi connectivity index (χ0n) is 9.90. The maximum absolute atomic E-state index is 12.8. The third-order valence-electron chi connectivity index (χ3n) is 2.74. The van der Waals surface area contributed by atoms with Crippen LogP contribution in [0.2, 0.25) is 5.02 Å². The first-order valence-corrected chi connectivity index (χ1v) is 5.94. The molecular formula is C14H13ClFNO. The SMILES string of the molecule is CC(O)(Cc1ccc(Cl)cc1)c1ccc(F)cn1. The Hall–Kier alpha value is -1.45. The molecule has 0 saturated carbocycles. The van der Waals surface area contributed by atoms with Gasteiger partial charge in [0.15, 0.2) is 0 Å². The molecule has 0 spiro atoms. The van der Waals surface area contributed by atoms with Gasteiger partial charge in [-0.3, -0.25) is 4.98 Å². The van der Waals surface area contributed by atoms with Gasteiger partial charge in [-0.15, -0.1) is 0 Å². The minimum atomic E-state index is -1.14. The number of rotatable bonds is 3. The number of benzene rings is 1. The molecule has 2 nitrogen and oxygen atoms in total. The van der Waals surface area contributed by atoms with Gasteiger partial charge in [0, 0.05) is 11.4 Å². The topological polar surface area (TPSA) is 33.1 Å². The van der Waals surface area contributed by atoms with Crippen LogP contribution in [0.5, 0.6) is 0 Å². The standard InChI is InChI=1S/C14H13ClFNO/c1-14(18,13-7-6-12(16)9-17-13)8-10-2-4-11(15)5-3-10/h2-7,9,18H,8H2,1H3. The van der Waals surface area contributed by atoms with Crippen molar-refractivity contribution in [3.05, 3.63) is 64.7 Å². The second kappa shape index (κ2) is 5.04. The summed E-state index contributed by atoms with van der Waals surface area (Å²) in [4.78, 5) is 3.91. The van der Waals surface area contributed by atoms with Gasteiger partial charge in [0.25, 0.3) is 0 Å². The second-order valence-electron chi connectivity index (χ2n) is 4.44. The zero-order valence-corrected chi connectivity index (χ0v) is 10.7. The molecule has 0 amide bonds. The molecule has 2 rings (SSSR count). The van der Waals surface area contributed by atoms with Crippen LogP contribution >= 0.6 is 11.6 Å². The molecule has 0 fully saturated rings. The molecule has 0 radical (unpaired) electrons. The van der Waals surface area contributed by atoms with Crippen molar-refractivity contribution < 1.29 is 9.50 Å². The van der Waals surface area contributed by atoms with Crippen molar-refractivity contribution in [2.75, 3.05) is 0 Å². The Morgan fingerprint density at radius 1 is 1.22 bits per heavy atom. The Labute approximate surface area is 110 Å². The summed E-state index contributed by atoms with van der Waals surface area (Å²) in [5.74, 6) is -0.416. The summed E-state index contributed by atoms with van der Waals surface area (Å²) in [5, 5.41) is 11.0. The van der Waals surface area contributed by atoms with Crippen LogP contribution in [0.1, 0.15) is 18.2 Å². The lowest BCUT2D eigenvalue weighted by molar-refractivity contribution is 0.0529. The normalized spacial score (nSPS) is 14.2. The first kappa shape index (κ1) is 13.0. The van der Waals surface area contributed by atoms with E-state index >= 15 is 0 Å². The first-order valence-electron chi connectivity index (χ1n) is 5.56. The average molecular weight is 266 g/mol. The number of aliphatic hydroxyl groups is 1. The van der Waals surface area contributed by atoms with Crippen LogP contribution in [0.3, 0.4) is 0 Å². The van der Waals surface area contributed by atoms with E-state index in [2.05, 4.69) is 4.98 Å². The number of nitrogens with zero attached hydrogens (tertiary/aromatic N) is 1. The molecule has 1 unspecified atom stereocenters. The second-order valence-corrected chi connectivity index (χ2v) is 4.88. The highest BCUT2D eigenvalue weighted by molar-refractivity contribution is 6.30. The van der Waals surface area contributed by atoms with E-state index in [0.717, 1.165) is 11.8 Å². The predicted octanol–water partition coefficient (Wildman–Crippen LogP) is 3.32. The van der Waals surface area contributed by atoms with Gasteiger partial charge in [-0.2, -0.15) is 0 Å². The molecule has 2 aromatic rings. The van der Waals surface area contributed by atoms with Crippen molar-refractivity contribution >= 4 is 11.6 Å². The molecule has 0 aliphatic carbocycles. The molecule has 18 heavy (non-hydrogen) atoms. The number of hydrogen-bond donors (Lipinski definition) is 1. The highest BCUT2D eigenvalue weighted by Gasteiger charge is 2.25. The van der Waals surface area contributed by atoms with Crippen molar-refractivity contribution in [2.45, 2.75) is 18.9 Å². The molecule has 4 heteroatoms. The third kappa shape index (κ3) is 3.06. The fraction of sp³-hybridized carbons (Fsp3) is 0.214. The number of aromatic nitrogens is 1. The molecule has 1 N–H and O–H groups in total. The summed E-state index contributed by atoms with van der Waals surface area (Å²) in [6.45, 7) is 1.65. The molecular weight excluding hydrogens is 253 g/mol. The lowest BCUT2D eigenvalue weighted by Crippen LogP contribution is -2.25. The van der Waals surface area contributed by atoms with E-state index in [1.165, 1.54) is 12.1 Å². The van der Waals surface area contributed by atoms with Crippen LogP contribution in [0.25, 0.3) is 0 Å². The van der Waals surface area contributed by atoms with E-state index in [4.69, 9.17) is 11.6 Å². The smallest absolute Gasteiger partial charge is 0.141 e. The maximum atomic E-state index is 12.8. The minimum absolute atomic E-state index is 0.392. The van der Waals surface area contributed by atoms with Crippen LogP contribution in [-0.2, 0) is 12.0 Å². The molecule has 0 aliphatic rings. The van der Waals surface area contributed by atoms with Gasteiger partial charge < -0.3 is 5.11 Å². The first-order chi connectivity index (χ1) is 8.47. The van der Waals surface area contributed by atoms with Gasteiger partial charge in [-0.25, -0.2) is 4.39 Å².